The Morgan fingerprint density at radius 3 is 2.95 bits per heavy atom. The third kappa shape index (κ3) is 2.94. The summed E-state index contributed by atoms with van der Waals surface area (Å²) in [5, 5.41) is 8.35. The van der Waals surface area contributed by atoms with Crippen LogP contribution in [0.2, 0.25) is 0 Å². The van der Waals surface area contributed by atoms with Crippen LogP contribution in [0.1, 0.15) is 32.1 Å². The van der Waals surface area contributed by atoms with Crippen LogP contribution in [0.4, 0.5) is 0 Å². The van der Waals surface area contributed by atoms with Gasteiger partial charge in [-0.15, -0.1) is 10.2 Å². The fourth-order valence-corrected chi connectivity index (χ4v) is 3.08. The van der Waals surface area contributed by atoms with Crippen molar-refractivity contribution in [2.24, 2.45) is 0 Å². The predicted molar refractivity (Wildman–Crippen MR) is 81.2 cm³/mol. The van der Waals surface area contributed by atoms with E-state index in [4.69, 9.17) is 4.42 Å². The minimum atomic E-state index is 0.581. The lowest BCUT2D eigenvalue weighted by molar-refractivity contribution is 0.139. The van der Waals surface area contributed by atoms with Crippen molar-refractivity contribution >= 4 is 15.9 Å². The van der Waals surface area contributed by atoms with E-state index in [1.807, 2.05) is 24.3 Å². The number of nitrogens with zero attached hydrogens (tertiary/aromatic N) is 3. The Bertz CT molecular complexity index is 584. The summed E-state index contributed by atoms with van der Waals surface area (Å²) in [6, 6.07) is 8.50. The lowest BCUT2D eigenvalue weighted by Crippen LogP contribution is -2.36. The second kappa shape index (κ2) is 6.06. The minimum Gasteiger partial charge on any atom is -0.419 e. The van der Waals surface area contributed by atoms with Crippen LogP contribution in [0.5, 0.6) is 0 Å². The van der Waals surface area contributed by atoms with Crippen LogP contribution in [-0.2, 0) is 6.54 Å². The Hall–Kier alpha value is -1.20. The molecule has 1 aliphatic rings. The fraction of sp³-hybridized carbons (Fsp3) is 0.467. The Morgan fingerprint density at radius 2 is 2.15 bits per heavy atom. The summed E-state index contributed by atoms with van der Waals surface area (Å²) in [5.74, 6) is 1.28. The van der Waals surface area contributed by atoms with Crippen molar-refractivity contribution in [3.8, 4) is 11.5 Å². The Morgan fingerprint density at radius 1 is 1.30 bits per heavy atom. The molecule has 1 aliphatic heterocycles. The predicted octanol–water partition coefficient (Wildman–Crippen LogP) is 3.87. The number of likely N-dealkylation sites (tertiary alicyclic amines) is 1. The molecule has 5 heteroatoms. The highest BCUT2D eigenvalue weighted by Gasteiger charge is 2.21. The average molecular weight is 336 g/mol. The topological polar surface area (TPSA) is 42.2 Å². The highest BCUT2D eigenvalue weighted by atomic mass is 79.9. The quantitative estimate of drug-likeness (QED) is 0.853. The van der Waals surface area contributed by atoms with Crippen molar-refractivity contribution in [3.63, 3.8) is 0 Å². The van der Waals surface area contributed by atoms with Gasteiger partial charge in [0.1, 0.15) is 0 Å². The van der Waals surface area contributed by atoms with Crippen molar-refractivity contribution < 1.29 is 4.42 Å². The molecular weight excluding hydrogens is 318 g/mol. The van der Waals surface area contributed by atoms with Gasteiger partial charge >= 0.3 is 0 Å². The van der Waals surface area contributed by atoms with Crippen molar-refractivity contribution in [3.05, 3.63) is 34.6 Å². The largest absolute Gasteiger partial charge is 0.419 e. The van der Waals surface area contributed by atoms with E-state index in [9.17, 15) is 0 Å². The third-order valence-electron chi connectivity index (χ3n) is 3.85. The molecule has 20 heavy (non-hydrogen) atoms. The van der Waals surface area contributed by atoms with E-state index in [2.05, 4.69) is 38.0 Å². The van der Waals surface area contributed by atoms with Crippen LogP contribution < -0.4 is 0 Å². The van der Waals surface area contributed by atoms with E-state index in [0.717, 1.165) is 23.1 Å². The lowest BCUT2D eigenvalue weighted by Gasteiger charge is -2.31. The standard InChI is InChI=1S/C15H18BrN3O/c1-11-6-4-5-9-19(11)10-14-17-18-15(20-14)12-7-2-3-8-13(12)16/h2-3,7-8,11H,4-6,9-10H2,1H3/t11-/m1/s1. The molecule has 4 nitrogen and oxygen atoms in total. The van der Waals surface area contributed by atoms with E-state index in [0.29, 0.717) is 17.8 Å². The van der Waals surface area contributed by atoms with Gasteiger partial charge in [0.05, 0.1) is 12.1 Å². The molecule has 106 valence electrons. The number of hydrogen-bond acceptors (Lipinski definition) is 4. The zero-order chi connectivity index (χ0) is 13.9. The van der Waals surface area contributed by atoms with Gasteiger partial charge in [-0.1, -0.05) is 18.6 Å². The number of halogens is 1. The summed E-state index contributed by atoms with van der Waals surface area (Å²) in [5.41, 5.74) is 0.943. The van der Waals surface area contributed by atoms with Crippen LogP contribution >= 0.6 is 15.9 Å². The molecule has 1 fully saturated rings. The molecule has 0 bridgehead atoms. The van der Waals surface area contributed by atoms with Gasteiger partial charge in [0.2, 0.25) is 11.8 Å². The van der Waals surface area contributed by atoms with Gasteiger partial charge in [0.15, 0.2) is 0 Å². The number of benzene rings is 1. The Labute approximate surface area is 127 Å². The molecule has 0 N–H and O–H groups in total. The third-order valence-corrected chi connectivity index (χ3v) is 4.54. The van der Waals surface area contributed by atoms with Crippen molar-refractivity contribution in [2.75, 3.05) is 6.54 Å². The maximum absolute atomic E-state index is 5.81. The lowest BCUT2D eigenvalue weighted by atomic mass is 10.0. The molecule has 0 saturated carbocycles. The molecule has 2 heterocycles. The van der Waals surface area contributed by atoms with Gasteiger partial charge < -0.3 is 4.42 Å². The van der Waals surface area contributed by atoms with Crippen molar-refractivity contribution in [1.82, 2.24) is 15.1 Å². The molecule has 1 aromatic heterocycles. The van der Waals surface area contributed by atoms with Crippen molar-refractivity contribution in [2.45, 2.75) is 38.8 Å². The maximum Gasteiger partial charge on any atom is 0.248 e. The second-order valence-electron chi connectivity index (χ2n) is 5.30. The number of hydrogen-bond donors (Lipinski definition) is 0. The monoisotopic (exact) mass is 335 g/mol. The van der Waals surface area contributed by atoms with Gasteiger partial charge in [-0.2, -0.15) is 0 Å². The van der Waals surface area contributed by atoms with Crippen LogP contribution in [0.25, 0.3) is 11.5 Å². The molecule has 1 aromatic carbocycles. The molecule has 0 radical (unpaired) electrons. The van der Waals surface area contributed by atoms with Gasteiger partial charge in [0, 0.05) is 10.5 Å². The molecular formula is C15H18BrN3O. The summed E-state index contributed by atoms with van der Waals surface area (Å²) in [6.07, 6.45) is 3.84. The SMILES string of the molecule is C[C@@H]1CCCCN1Cc1nnc(-c2ccccc2Br)o1. The highest BCUT2D eigenvalue weighted by molar-refractivity contribution is 9.10. The van der Waals surface area contributed by atoms with Gasteiger partial charge in [0.25, 0.3) is 0 Å². The minimum absolute atomic E-state index is 0.581. The zero-order valence-corrected chi connectivity index (χ0v) is 13.1. The Kier molecular flexibility index (Phi) is 4.17. The first kappa shape index (κ1) is 13.8. The molecule has 1 saturated heterocycles. The number of aromatic nitrogens is 2. The molecule has 0 unspecified atom stereocenters. The summed E-state index contributed by atoms with van der Waals surface area (Å²) >= 11 is 3.51. The smallest absolute Gasteiger partial charge is 0.248 e. The maximum atomic E-state index is 5.81. The van der Waals surface area contributed by atoms with Crippen LogP contribution in [0.3, 0.4) is 0 Å². The molecule has 0 spiro atoms. The van der Waals surface area contributed by atoms with Gasteiger partial charge in [-0.3, -0.25) is 4.90 Å². The second-order valence-corrected chi connectivity index (χ2v) is 6.15. The summed E-state index contributed by atoms with van der Waals surface area (Å²) < 4.78 is 6.78. The molecule has 0 aliphatic carbocycles. The normalized spacial score (nSPS) is 20.2. The summed E-state index contributed by atoms with van der Waals surface area (Å²) in [7, 11) is 0. The summed E-state index contributed by atoms with van der Waals surface area (Å²) in [6.45, 7) is 4.14. The molecule has 2 aromatic rings. The highest BCUT2D eigenvalue weighted by Crippen LogP contribution is 2.27. The Balaban J connectivity index is 1.75. The van der Waals surface area contributed by atoms with E-state index in [-0.39, 0.29) is 0 Å². The van der Waals surface area contributed by atoms with Gasteiger partial charge in [-0.05, 0) is 54.4 Å². The van der Waals surface area contributed by atoms with Gasteiger partial charge in [-0.25, -0.2) is 0 Å². The molecule has 3 rings (SSSR count). The van der Waals surface area contributed by atoms with Crippen LogP contribution in [0, 0.1) is 0 Å². The molecule has 0 amide bonds. The van der Waals surface area contributed by atoms with E-state index in [1.54, 1.807) is 0 Å². The van der Waals surface area contributed by atoms with Crippen LogP contribution in [-0.4, -0.2) is 27.7 Å². The first-order chi connectivity index (χ1) is 9.74. The first-order valence-electron chi connectivity index (χ1n) is 7.05. The zero-order valence-electron chi connectivity index (χ0n) is 11.6. The van der Waals surface area contributed by atoms with E-state index in [1.165, 1.54) is 19.3 Å². The number of piperidine rings is 1. The van der Waals surface area contributed by atoms with E-state index >= 15 is 0 Å². The van der Waals surface area contributed by atoms with Crippen molar-refractivity contribution in [1.29, 1.82) is 0 Å². The van der Waals surface area contributed by atoms with Crippen LogP contribution in [0.15, 0.2) is 33.2 Å². The fourth-order valence-electron chi connectivity index (χ4n) is 2.63. The average Bonchev–Trinajstić information content (AvgIpc) is 2.90. The number of rotatable bonds is 3. The van der Waals surface area contributed by atoms with E-state index < -0.39 is 0 Å². The molecule has 1 atom stereocenters. The first-order valence-corrected chi connectivity index (χ1v) is 7.84. The summed E-state index contributed by atoms with van der Waals surface area (Å²) in [4.78, 5) is 2.42.